The second-order valence-corrected chi connectivity index (χ2v) is 8.44. The topological polar surface area (TPSA) is 48.7 Å². The van der Waals surface area contributed by atoms with Crippen LogP contribution < -0.4 is 5.32 Å². The monoisotopic (exact) mass is 394 g/mol. The third kappa shape index (κ3) is 4.39. The second-order valence-electron chi connectivity index (χ2n) is 6.64. The largest absolute Gasteiger partial charge is 0.352 e. The summed E-state index contributed by atoms with van der Waals surface area (Å²) < 4.78 is 2.80. The maximum atomic E-state index is 6.03. The first-order valence-corrected chi connectivity index (χ1v) is 10.1. The first-order valence-electron chi connectivity index (χ1n) is 8.89. The van der Waals surface area contributed by atoms with Gasteiger partial charge >= 0.3 is 0 Å². The fourth-order valence-corrected chi connectivity index (χ4v) is 4.48. The van der Waals surface area contributed by atoms with Crippen molar-refractivity contribution in [2.24, 2.45) is 12.0 Å². The van der Waals surface area contributed by atoms with Gasteiger partial charge in [-0.15, -0.1) is 11.3 Å². The third-order valence-corrected chi connectivity index (χ3v) is 6.19. The summed E-state index contributed by atoms with van der Waals surface area (Å²) in [6.07, 6.45) is 0. The van der Waals surface area contributed by atoms with E-state index in [1.54, 1.807) is 11.3 Å². The van der Waals surface area contributed by atoms with E-state index in [0.29, 0.717) is 0 Å². The lowest BCUT2D eigenvalue weighted by molar-refractivity contribution is 0.173. The molecule has 0 aliphatic carbocycles. The first kappa shape index (κ1) is 19.2. The summed E-state index contributed by atoms with van der Waals surface area (Å²) in [5, 5.41) is 7.99. The van der Waals surface area contributed by atoms with E-state index in [9.17, 15) is 0 Å². The number of nitrogens with zero attached hydrogens (tertiary/aromatic N) is 5. The van der Waals surface area contributed by atoms with Crippen molar-refractivity contribution in [1.82, 2.24) is 24.9 Å². The number of aliphatic imine (C=N–C) groups is 1. The van der Waals surface area contributed by atoms with Crippen molar-refractivity contribution >= 4 is 28.9 Å². The van der Waals surface area contributed by atoms with Crippen molar-refractivity contribution in [2.75, 3.05) is 33.2 Å². The molecule has 0 radical (unpaired) electrons. The van der Waals surface area contributed by atoms with E-state index in [-0.39, 0.29) is 0 Å². The molecule has 1 aliphatic rings. The fourth-order valence-electron chi connectivity index (χ4n) is 3.35. The number of aromatic nitrogens is 2. The SMILES string of the molecule is CN=C(NCc1c(C)nn(C)c1C)N1CCN(Cc2ccc(Cl)s2)CC1. The van der Waals surface area contributed by atoms with Crippen LogP contribution in [0, 0.1) is 13.8 Å². The van der Waals surface area contributed by atoms with Crippen LogP contribution in [-0.4, -0.2) is 58.8 Å². The van der Waals surface area contributed by atoms with Gasteiger partial charge < -0.3 is 10.2 Å². The van der Waals surface area contributed by atoms with E-state index in [2.05, 4.69) is 45.1 Å². The summed E-state index contributed by atoms with van der Waals surface area (Å²) in [6, 6.07) is 4.10. The standard InChI is InChI=1S/C18H27ClN6S/c1-13-16(14(2)23(4)22-13)11-21-18(20-3)25-9-7-24(8-10-25)12-15-5-6-17(19)26-15/h5-6H,7-12H2,1-4H3,(H,20,21). The van der Waals surface area contributed by atoms with Crippen LogP contribution in [0.1, 0.15) is 21.8 Å². The highest BCUT2D eigenvalue weighted by atomic mass is 35.5. The molecule has 1 saturated heterocycles. The molecular formula is C18H27ClN6S. The Morgan fingerprint density at radius 3 is 2.54 bits per heavy atom. The molecule has 3 heterocycles. The molecule has 142 valence electrons. The smallest absolute Gasteiger partial charge is 0.194 e. The molecule has 1 N–H and O–H groups in total. The highest BCUT2D eigenvalue weighted by molar-refractivity contribution is 7.16. The van der Waals surface area contributed by atoms with Crippen molar-refractivity contribution in [3.63, 3.8) is 0 Å². The molecule has 2 aromatic rings. The molecule has 1 fully saturated rings. The molecule has 8 heteroatoms. The molecule has 0 amide bonds. The summed E-state index contributed by atoms with van der Waals surface area (Å²) in [4.78, 5) is 10.6. The lowest BCUT2D eigenvalue weighted by Gasteiger charge is -2.36. The molecule has 0 unspecified atom stereocenters. The number of thiophene rings is 1. The van der Waals surface area contributed by atoms with E-state index in [0.717, 1.165) is 55.3 Å². The van der Waals surface area contributed by atoms with Crippen molar-refractivity contribution in [2.45, 2.75) is 26.9 Å². The Hall–Kier alpha value is -1.57. The maximum Gasteiger partial charge on any atom is 0.194 e. The Kier molecular flexibility index (Phi) is 6.21. The third-order valence-electron chi connectivity index (χ3n) is 4.97. The van der Waals surface area contributed by atoms with Crippen molar-refractivity contribution < 1.29 is 0 Å². The Bertz CT molecular complexity index is 773. The van der Waals surface area contributed by atoms with Gasteiger partial charge in [0, 0.05) is 69.5 Å². The van der Waals surface area contributed by atoms with Gasteiger partial charge in [-0.05, 0) is 26.0 Å². The number of guanidine groups is 1. The van der Waals surface area contributed by atoms with Crippen LogP contribution in [-0.2, 0) is 20.1 Å². The second kappa shape index (κ2) is 8.41. The Morgan fingerprint density at radius 2 is 2.00 bits per heavy atom. The fraction of sp³-hybridized carbons (Fsp3) is 0.556. The number of hydrogen-bond acceptors (Lipinski definition) is 4. The molecule has 2 aromatic heterocycles. The lowest BCUT2D eigenvalue weighted by atomic mass is 10.2. The van der Waals surface area contributed by atoms with E-state index in [4.69, 9.17) is 11.6 Å². The molecule has 0 bridgehead atoms. The van der Waals surface area contributed by atoms with Crippen molar-refractivity contribution in [3.05, 3.63) is 38.3 Å². The van der Waals surface area contributed by atoms with Crippen molar-refractivity contribution in [1.29, 1.82) is 0 Å². The maximum absolute atomic E-state index is 6.03. The normalized spacial score (nSPS) is 16.3. The van der Waals surface area contributed by atoms with E-state index in [1.807, 2.05) is 24.8 Å². The van der Waals surface area contributed by atoms with Crippen LogP contribution in [0.15, 0.2) is 17.1 Å². The summed E-state index contributed by atoms with van der Waals surface area (Å²) in [7, 11) is 3.84. The highest BCUT2D eigenvalue weighted by Crippen LogP contribution is 2.23. The molecule has 0 atom stereocenters. The number of aryl methyl sites for hydroxylation is 2. The van der Waals surface area contributed by atoms with Gasteiger partial charge in [0.15, 0.2) is 5.96 Å². The minimum Gasteiger partial charge on any atom is -0.352 e. The van der Waals surface area contributed by atoms with Gasteiger partial charge in [0.2, 0.25) is 0 Å². The number of piperazine rings is 1. The average molecular weight is 395 g/mol. The molecular weight excluding hydrogens is 368 g/mol. The van der Waals surface area contributed by atoms with Gasteiger partial charge in [-0.25, -0.2) is 0 Å². The van der Waals surface area contributed by atoms with Gasteiger partial charge in [-0.2, -0.15) is 5.10 Å². The average Bonchev–Trinajstić information content (AvgIpc) is 3.13. The zero-order valence-corrected chi connectivity index (χ0v) is 17.5. The number of hydrogen-bond donors (Lipinski definition) is 1. The van der Waals surface area contributed by atoms with Crippen LogP contribution in [0.25, 0.3) is 0 Å². The molecule has 6 nitrogen and oxygen atoms in total. The van der Waals surface area contributed by atoms with Crippen LogP contribution in [0.3, 0.4) is 0 Å². The van der Waals surface area contributed by atoms with Crippen LogP contribution >= 0.6 is 22.9 Å². The van der Waals surface area contributed by atoms with Crippen LogP contribution in [0.5, 0.6) is 0 Å². The van der Waals surface area contributed by atoms with E-state index >= 15 is 0 Å². The number of rotatable bonds is 4. The summed E-state index contributed by atoms with van der Waals surface area (Å²) in [5.74, 6) is 0.964. The van der Waals surface area contributed by atoms with Gasteiger partial charge in [0.1, 0.15) is 0 Å². The predicted molar refractivity (Wildman–Crippen MR) is 109 cm³/mol. The van der Waals surface area contributed by atoms with E-state index in [1.165, 1.54) is 16.1 Å². The van der Waals surface area contributed by atoms with Gasteiger partial charge in [-0.1, -0.05) is 11.6 Å². The summed E-state index contributed by atoms with van der Waals surface area (Å²) in [5.41, 5.74) is 3.53. The minimum atomic E-state index is 0.756. The van der Waals surface area contributed by atoms with Gasteiger partial charge in [-0.3, -0.25) is 14.6 Å². The summed E-state index contributed by atoms with van der Waals surface area (Å²) >= 11 is 7.70. The van der Waals surface area contributed by atoms with Crippen molar-refractivity contribution in [3.8, 4) is 0 Å². The number of halogens is 1. The minimum absolute atomic E-state index is 0.756. The van der Waals surface area contributed by atoms with Gasteiger partial charge in [0.25, 0.3) is 0 Å². The highest BCUT2D eigenvalue weighted by Gasteiger charge is 2.20. The summed E-state index contributed by atoms with van der Waals surface area (Å²) in [6.45, 7) is 9.91. The molecule has 1 aliphatic heterocycles. The zero-order chi connectivity index (χ0) is 18.7. The molecule has 0 spiro atoms. The molecule has 26 heavy (non-hydrogen) atoms. The Morgan fingerprint density at radius 1 is 1.27 bits per heavy atom. The quantitative estimate of drug-likeness (QED) is 0.639. The first-order chi connectivity index (χ1) is 12.5. The predicted octanol–water partition coefficient (Wildman–Crippen LogP) is 2.65. The van der Waals surface area contributed by atoms with Crippen LogP contribution in [0.2, 0.25) is 4.34 Å². The molecule has 3 rings (SSSR count). The Labute approximate surface area is 164 Å². The van der Waals surface area contributed by atoms with Crippen LogP contribution in [0.4, 0.5) is 0 Å². The van der Waals surface area contributed by atoms with E-state index < -0.39 is 0 Å². The van der Waals surface area contributed by atoms with Gasteiger partial charge in [0.05, 0.1) is 10.0 Å². The molecule has 0 saturated carbocycles. The lowest BCUT2D eigenvalue weighted by Crippen LogP contribution is -2.52. The zero-order valence-electron chi connectivity index (χ0n) is 15.9. The molecule has 0 aromatic carbocycles. The Balaban J connectivity index is 1.52. The number of nitrogens with one attached hydrogen (secondary N) is 1.